The van der Waals surface area contributed by atoms with E-state index in [0.29, 0.717) is 24.5 Å². The van der Waals surface area contributed by atoms with Crippen molar-refractivity contribution in [3.63, 3.8) is 0 Å². The van der Waals surface area contributed by atoms with Crippen molar-refractivity contribution < 1.29 is 14.2 Å². The number of hydrogen-bond donors (Lipinski definition) is 2. The maximum absolute atomic E-state index is 12.9. The number of benzene rings is 1. The predicted octanol–water partition coefficient (Wildman–Crippen LogP) is 2.27. The summed E-state index contributed by atoms with van der Waals surface area (Å²) in [6.45, 7) is 0.594. The summed E-state index contributed by atoms with van der Waals surface area (Å²) in [5.41, 5.74) is 11.1. The largest absolute Gasteiger partial charge is 0.388 e. The highest BCUT2D eigenvalue weighted by Crippen LogP contribution is 2.37. The van der Waals surface area contributed by atoms with Gasteiger partial charge in [-0.25, -0.2) is 18.6 Å². The Balaban J connectivity index is 1.50. The Bertz CT molecular complexity index is 1500. The molecule has 1 fully saturated rings. The first-order valence-electron chi connectivity index (χ1n) is 11.4. The quantitative estimate of drug-likeness (QED) is 0.380. The standard InChI is InChI=1S/C23H24FN9O2/c24-9-17(34)12-31-19-7-14(1-2-15(19)10-28-31)20-8-18(22-23(25)26-13-29-33(20)22)21-11-27-30-32(21)16-3-5-35-6-4-16/h1-2,7-8,10-11,13,16-17,34H,3-6,9,12H2,(H2,25,26,29). The Hall–Kier alpha value is -3.90. The van der Waals surface area contributed by atoms with E-state index in [1.54, 1.807) is 21.6 Å². The smallest absolute Gasteiger partial charge is 0.152 e. The van der Waals surface area contributed by atoms with Gasteiger partial charge in [0.05, 0.1) is 41.9 Å². The lowest BCUT2D eigenvalue weighted by Gasteiger charge is -2.23. The fourth-order valence-corrected chi connectivity index (χ4v) is 4.73. The van der Waals surface area contributed by atoms with Crippen molar-refractivity contribution in [1.82, 2.24) is 39.4 Å². The molecule has 6 rings (SSSR count). The summed E-state index contributed by atoms with van der Waals surface area (Å²) in [4.78, 5) is 4.22. The first-order valence-corrected chi connectivity index (χ1v) is 11.4. The molecule has 4 aromatic heterocycles. The molecular formula is C23H24FN9O2. The van der Waals surface area contributed by atoms with Gasteiger partial charge in [-0.05, 0) is 25.0 Å². The average Bonchev–Trinajstić information content (AvgIpc) is 3.62. The molecule has 0 bridgehead atoms. The van der Waals surface area contributed by atoms with E-state index in [0.717, 1.165) is 46.3 Å². The third-order valence-corrected chi connectivity index (χ3v) is 6.47. The van der Waals surface area contributed by atoms with E-state index < -0.39 is 12.8 Å². The maximum Gasteiger partial charge on any atom is 0.152 e. The lowest BCUT2D eigenvalue weighted by molar-refractivity contribution is 0.0662. The van der Waals surface area contributed by atoms with Crippen molar-refractivity contribution in [1.29, 1.82) is 0 Å². The summed E-state index contributed by atoms with van der Waals surface area (Å²) < 4.78 is 23.7. The first-order chi connectivity index (χ1) is 17.1. The number of nitrogen functional groups attached to an aromatic ring is 1. The Morgan fingerprint density at radius 2 is 2.00 bits per heavy atom. The van der Waals surface area contributed by atoms with Crippen molar-refractivity contribution in [3.05, 3.63) is 43.0 Å². The van der Waals surface area contributed by atoms with E-state index in [9.17, 15) is 9.50 Å². The van der Waals surface area contributed by atoms with Crippen LogP contribution in [0.5, 0.6) is 0 Å². The molecule has 1 aliphatic heterocycles. The van der Waals surface area contributed by atoms with Gasteiger partial charge in [-0.3, -0.25) is 4.68 Å². The fraction of sp³-hybridized carbons (Fsp3) is 0.348. The van der Waals surface area contributed by atoms with E-state index in [1.807, 2.05) is 28.9 Å². The van der Waals surface area contributed by atoms with E-state index in [4.69, 9.17) is 10.5 Å². The molecule has 0 radical (unpaired) electrons. The molecule has 0 amide bonds. The van der Waals surface area contributed by atoms with E-state index in [2.05, 4.69) is 25.5 Å². The lowest BCUT2D eigenvalue weighted by atomic mass is 10.1. The molecule has 1 unspecified atom stereocenters. The summed E-state index contributed by atoms with van der Waals surface area (Å²) in [6.07, 6.45) is 5.44. The topological polar surface area (TPSA) is 134 Å². The fourth-order valence-electron chi connectivity index (χ4n) is 4.73. The summed E-state index contributed by atoms with van der Waals surface area (Å²) >= 11 is 0. The normalized spacial score (nSPS) is 15.8. The average molecular weight is 478 g/mol. The number of alkyl halides is 1. The first kappa shape index (κ1) is 21.6. The van der Waals surface area contributed by atoms with Gasteiger partial charge in [-0.1, -0.05) is 17.3 Å². The molecule has 1 aliphatic rings. The number of fused-ring (bicyclic) bond motifs is 2. The van der Waals surface area contributed by atoms with Crippen molar-refractivity contribution in [3.8, 4) is 22.5 Å². The molecule has 1 atom stereocenters. The molecule has 0 aliphatic carbocycles. The summed E-state index contributed by atoms with van der Waals surface area (Å²) in [5.74, 6) is 0.346. The number of anilines is 1. The van der Waals surface area contributed by atoms with Gasteiger partial charge in [-0.15, -0.1) is 5.10 Å². The van der Waals surface area contributed by atoms with Crippen LogP contribution in [-0.2, 0) is 11.3 Å². The second kappa shape index (κ2) is 8.71. The van der Waals surface area contributed by atoms with Crippen LogP contribution in [0.3, 0.4) is 0 Å². The maximum atomic E-state index is 12.9. The van der Waals surface area contributed by atoms with Crippen LogP contribution in [0.1, 0.15) is 18.9 Å². The minimum absolute atomic E-state index is 0.0642. The number of rotatable bonds is 6. The van der Waals surface area contributed by atoms with Crippen LogP contribution < -0.4 is 5.73 Å². The SMILES string of the molecule is Nc1ncnn2c(-c3ccc4cnn(CC(O)CF)c4c3)cc(-c3cnnn3C3CCOCC3)c12. The molecule has 35 heavy (non-hydrogen) atoms. The number of aliphatic hydroxyl groups excluding tert-OH is 1. The third-order valence-electron chi connectivity index (χ3n) is 6.47. The van der Waals surface area contributed by atoms with Gasteiger partial charge in [0.25, 0.3) is 0 Å². The molecule has 12 heteroatoms. The molecule has 0 saturated carbocycles. The highest BCUT2D eigenvalue weighted by molar-refractivity contribution is 5.92. The molecule has 1 aromatic carbocycles. The highest BCUT2D eigenvalue weighted by atomic mass is 19.1. The van der Waals surface area contributed by atoms with Crippen LogP contribution in [0.15, 0.2) is 43.0 Å². The second-order valence-corrected chi connectivity index (χ2v) is 8.66. The number of halogens is 1. The zero-order valence-corrected chi connectivity index (χ0v) is 18.8. The zero-order chi connectivity index (χ0) is 23.9. The van der Waals surface area contributed by atoms with Gasteiger partial charge in [0.15, 0.2) is 5.82 Å². The van der Waals surface area contributed by atoms with Crippen LogP contribution in [0, 0.1) is 0 Å². The molecular weight excluding hydrogens is 453 g/mol. The lowest BCUT2D eigenvalue weighted by Crippen LogP contribution is -2.21. The van der Waals surface area contributed by atoms with Crippen molar-refractivity contribution in [2.24, 2.45) is 0 Å². The number of hydrogen-bond acceptors (Lipinski definition) is 8. The summed E-state index contributed by atoms with van der Waals surface area (Å²) in [7, 11) is 0. The van der Waals surface area contributed by atoms with Crippen LogP contribution in [0.2, 0.25) is 0 Å². The number of ether oxygens (including phenoxy) is 1. The summed E-state index contributed by atoms with van der Waals surface area (Å²) in [6, 6.07) is 8.04. The molecule has 11 nitrogen and oxygen atoms in total. The summed E-state index contributed by atoms with van der Waals surface area (Å²) in [5, 5.41) is 28.0. The Morgan fingerprint density at radius 1 is 1.14 bits per heavy atom. The van der Waals surface area contributed by atoms with Gasteiger partial charge >= 0.3 is 0 Å². The number of aliphatic hydroxyl groups is 1. The number of nitrogens with zero attached hydrogens (tertiary/aromatic N) is 8. The highest BCUT2D eigenvalue weighted by Gasteiger charge is 2.24. The van der Waals surface area contributed by atoms with Crippen molar-refractivity contribution in [2.45, 2.75) is 31.5 Å². The molecule has 180 valence electrons. The van der Waals surface area contributed by atoms with E-state index in [1.165, 1.54) is 6.33 Å². The van der Waals surface area contributed by atoms with Gasteiger partial charge in [0, 0.05) is 29.7 Å². The van der Waals surface area contributed by atoms with Crippen molar-refractivity contribution in [2.75, 3.05) is 25.6 Å². The van der Waals surface area contributed by atoms with Crippen LogP contribution in [0.4, 0.5) is 10.2 Å². The minimum Gasteiger partial charge on any atom is -0.388 e. The van der Waals surface area contributed by atoms with E-state index in [-0.39, 0.29) is 12.6 Å². The van der Waals surface area contributed by atoms with Gasteiger partial charge < -0.3 is 15.6 Å². The van der Waals surface area contributed by atoms with Crippen LogP contribution in [-0.4, -0.2) is 70.5 Å². The molecule has 1 saturated heterocycles. The number of nitrogens with two attached hydrogens (primary N) is 1. The van der Waals surface area contributed by atoms with E-state index >= 15 is 0 Å². The van der Waals surface area contributed by atoms with Gasteiger partial charge in [0.1, 0.15) is 24.6 Å². The number of aromatic nitrogens is 8. The second-order valence-electron chi connectivity index (χ2n) is 8.66. The third kappa shape index (κ3) is 3.70. The van der Waals surface area contributed by atoms with Crippen molar-refractivity contribution >= 4 is 22.2 Å². The van der Waals surface area contributed by atoms with Crippen LogP contribution >= 0.6 is 0 Å². The Labute approximate surface area is 198 Å². The van der Waals surface area contributed by atoms with Gasteiger partial charge in [-0.2, -0.15) is 10.2 Å². The molecule has 5 aromatic rings. The minimum atomic E-state index is -1.12. The Morgan fingerprint density at radius 3 is 2.83 bits per heavy atom. The molecule has 0 spiro atoms. The molecule has 3 N–H and O–H groups in total. The van der Waals surface area contributed by atoms with Crippen LogP contribution in [0.25, 0.3) is 38.9 Å². The Kier molecular flexibility index (Phi) is 5.38. The predicted molar refractivity (Wildman–Crippen MR) is 126 cm³/mol. The van der Waals surface area contributed by atoms with Gasteiger partial charge in [0.2, 0.25) is 0 Å². The molecule has 5 heterocycles. The zero-order valence-electron chi connectivity index (χ0n) is 18.8. The monoisotopic (exact) mass is 477 g/mol.